The zero-order chi connectivity index (χ0) is 12.1. The second kappa shape index (κ2) is 6.39. The van der Waals surface area contributed by atoms with Crippen LogP contribution in [-0.2, 0) is 9.53 Å². The highest BCUT2D eigenvalue weighted by Crippen LogP contribution is 2.32. The van der Waals surface area contributed by atoms with Crippen molar-refractivity contribution in [2.75, 3.05) is 26.3 Å². The van der Waals surface area contributed by atoms with Crippen LogP contribution in [0.1, 0.15) is 45.4 Å². The third-order valence-electron chi connectivity index (χ3n) is 4.30. The summed E-state index contributed by atoms with van der Waals surface area (Å²) in [7, 11) is 0. The Labute approximate surface area is 105 Å². The van der Waals surface area contributed by atoms with Crippen molar-refractivity contribution in [3.05, 3.63) is 0 Å². The molecule has 2 fully saturated rings. The molecule has 1 atom stereocenters. The molecule has 1 saturated carbocycles. The van der Waals surface area contributed by atoms with Gasteiger partial charge in [0.15, 0.2) is 0 Å². The number of amides is 1. The molecule has 1 aliphatic heterocycles. The van der Waals surface area contributed by atoms with Crippen LogP contribution in [0.2, 0.25) is 0 Å². The molecular formula is C14H25NO2. The van der Waals surface area contributed by atoms with Gasteiger partial charge in [0.25, 0.3) is 0 Å². The predicted molar refractivity (Wildman–Crippen MR) is 67.8 cm³/mol. The standard InChI is InChI=1S/C14H25NO2/c1-2-13(12-6-4-3-5-7-12)14(16)15-8-10-17-11-9-15/h12-13H,2-11H2,1H3/t13-/m0/s1. The zero-order valence-electron chi connectivity index (χ0n) is 11.0. The van der Waals surface area contributed by atoms with E-state index in [1.807, 2.05) is 4.90 Å². The van der Waals surface area contributed by atoms with Crippen LogP contribution in [0, 0.1) is 11.8 Å². The van der Waals surface area contributed by atoms with Crippen LogP contribution in [0.5, 0.6) is 0 Å². The third-order valence-corrected chi connectivity index (χ3v) is 4.30. The number of carbonyl (C=O) groups is 1. The monoisotopic (exact) mass is 239 g/mol. The van der Waals surface area contributed by atoms with Crippen molar-refractivity contribution in [3.8, 4) is 0 Å². The lowest BCUT2D eigenvalue weighted by molar-refractivity contribution is -0.142. The number of morpholine rings is 1. The Kier molecular flexibility index (Phi) is 4.84. The molecule has 0 spiro atoms. The first-order valence-electron chi connectivity index (χ1n) is 7.19. The first-order valence-corrected chi connectivity index (χ1v) is 7.19. The van der Waals surface area contributed by atoms with Crippen LogP contribution >= 0.6 is 0 Å². The summed E-state index contributed by atoms with van der Waals surface area (Å²) in [6.45, 7) is 5.18. The number of nitrogens with zero attached hydrogens (tertiary/aromatic N) is 1. The normalized spacial score (nSPS) is 24.6. The molecule has 2 aliphatic rings. The van der Waals surface area contributed by atoms with Gasteiger partial charge in [0.05, 0.1) is 13.2 Å². The molecule has 0 unspecified atom stereocenters. The molecule has 3 heteroatoms. The lowest BCUT2D eigenvalue weighted by Crippen LogP contribution is -2.45. The first kappa shape index (κ1) is 12.9. The highest BCUT2D eigenvalue weighted by atomic mass is 16.5. The van der Waals surface area contributed by atoms with Gasteiger partial charge >= 0.3 is 0 Å². The van der Waals surface area contributed by atoms with E-state index in [0.29, 0.717) is 25.0 Å². The fraction of sp³-hybridized carbons (Fsp3) is 0.929. The number of hydrogen-bond acceptors (Lipinski definition) is 2. The topological polar surface area (TPSA) is 29.5 Å². The zero-order valence-corrected chi connectivity index (χ0v) is 11.0. The number of hydrogen-bond donors (Lipinski definition) is 0. The summed E-state index contributed by atoms with van der Waals surface area (Å²) in [6.07, 6.45) is 7.51. The summed E-state index contributed by atoms with van der Waals surface area (Å²) in [5.74, 6) is 1.31. The summed E-state index contributed by atoms with van der Waals surface area (Å²) in [4.78, 5) is 14.5. The van der Waals surface area contributed by atoms with E-state index in [1.54, 1.807) is 0 Å². The third kappa shape index (κ3) is 3.21. The van der Waals surface area contributed by atoms with Gasteiger partial charge in [-0.1, -0.05) is 26.2 Å². The van der Waals surface area contributed by atoms with Crippen molar-refractivity contribution >= 4 is 5.91 Å². The highest BCUT2D eigenvalue weighted by Gasteiger charge is 2.31. The molecule has 0 aromatic heterocycles. The van der Waals surface area contributed by atoms with Crippen LogP contribution in [0.3, 0.4) is 0 Å². The van der Waals surface area contributed by atoms with E-state index >= 15 is 0 Å². The Hall–Kier alpha value is -0.570. The molecule has 0 bridgehead atoms. The summed E-state index contributed by atoms with van der Waals surface area (Å²) in [6, 6.07) is 0. The number of ether oxygens (including phenoxy) is 1. The minimum Gasteiger partial charge on any atom is -0.378 e. The Morgan fingerprint density at radius 3 is 2.47 bits per heavy atom. The average molecular weight is 239 g/mol. The Morgan fingerprint density at radius 1 is 1.24 bits per heavy atom. The van der Waals surface area contributed by atoms with Crippen molar-refractivity contribution in [2.24, 2.45) is 11.8 Å². The van der Waals surface area contributed by atoms with Crippen molar-refractivity contribution in [1.82, 2.24) is 4.90 Å². The molecule has 1 saturated heterocycles. The Bertz CT molecular complexity index is 243. The molecule has 0 radical (unpaired) electrons. The molecule has 0 aromatic carbocycles. The predicted octanol–water partition coefficient (Wildman–Crippen LogP) is 2.45. The lowest BCUT2D eigenvalue weighted by atomic mass is 9.78. The van der Waals surface area contributed by atoms with Crippen molar-refractivity contribution in [3.63, 3.8) is 0 Å². The van der Waals surface area contributed by atoms with Gasteiger partial charge in [0.1, 0.15) is 0 Å². The van der Waals surface area contributed by atoms with Crippen molar-refractivity contribution < 1.29 is 9.53 Å². The number of rotatable bonds is 3. The van der Waals surface area contributed by atoms with Gasteiger partial charge in [-0.3, -0.25) is 4.79 Å². The van der Waals surface area contributed by atoms with Crippen molar-refractivity contribution in [2.45, 2.75) is 45.4 Å². The fourth-order valence-corrected chi connectivity index (χ4v) is 3.26. The van der Waals surface area contributed by atoms with E-state index in [4.69, 9.17) is 4.74 Å². The van der Waals surface area contributed by atoms with Crippen LogP contribution in [0.4, 0.5) is 0 Å². The largest absolute Gasteiger partial charge is 0.378 e. The van der Waals surface area contributed by atoms with Crippen LogP contribution < -0.4 is 0 Å². The summed E-state index contributed by atoms with van der Waals surface area (Å²) < 4.78 is 5.31. The maximum Gasteiger partial charge on any atom is 0.226 e. The maximum absolute atomic E-state index is 12.5. The molecule has 17 heavy (non-hydrogen) atoms. The molecule has 1 amide bonds. The van der Waals surface area contributed by atoms with E-state index in [2.05, 4.69) is 6.92 Å². The molecule has 3 nitrogen and oxygen atoms in total. The molecule has 1 aliphatic carbocycles. The quantitative estimate of drug-likeness (QED) is 0.757. The lowest BCUT2D eigenvalue weighted by Gasteiger charge is -2.35. The van der Waals surface area contributed by atoms with E-state index in [0.717, 1.165) is 19.5 Å². The molecule has 98 valence electrons. The van der Waals surface area contributed by atoms with Gasteiger partial charge in [-0.15, -0.1) is 0 Å². The highest BCUT2D eigenvalue weighted by molar-refractivity contribution is 5.79. The smallest absolute Gasteiger partial charge is 0.226 e. The van der Waals surface area contributed by atoms with Crippen LogP contribution in [0.25, 0.3) is 0 Å². The van der Waals surface area contributed by atoms with E-state index in [9.17, 15) is 4.79 Å². The van der Waals surface area contributed by atoms with Gasteiger partial charge in [0, 0.05) is 19.0 Å². The van der Waals surface area contributed by atoms with E-state index in [1.165, 1.54) is 32.1 Å². The van der Waals surface area contributed by atoms with Crippen molar-refractivity contribution in [1.29, 1.82) is 0 Å². The Morgan fingerprint density at radius 2 is 1.88 bits per heavy atom. The molecular weight excluding hydrogens is 214 g/mol. The first-order chi connectivity index (χ1) is 8.33. The Balaban J connectivity index is 1.93. The van der Waals surface area contributed by atoms with Gasteiger partial charge in [0.2, 0.25) is 5.91 Å². The van der Waals surface area contributed by atoms with E-state index in [-0.39, 0.29) is 5.92 Å². The summed E-state index contributed by atoms with van der Waals surface area (Å²) >= 11 is 0. The summed E-state index contributed by atoms with van der Waals surface area (Å²) in [5.41, 5.74) is 0. The average Bonchev–Trinajstić information content (AvgIpc) is 2.42. The minimum atomic E-state index is 0.272. The van der Waals surface area contributed by atoms with Gasteiger partial charge in [-0.2, -0.15) is 0 Å². The number of carbonyl (C=O) groups excluding carboxylic acids is 1. The van der Waals surface area contributed by atoms with Gasteiger partial charge in [-0.25, -0.2) is 0 Å². The molecule has 2 rings (SSSR count). The SMILES string of the molecule is CC[C@H](C(=O)N1CCOCC1)C1CCCCC1. The maximum atomic E-state index is 12.5. The molecule has 1 heterocycles. The van der Waals surface area contributed by atoms with Crippen LogP contribution in [-0.4, -0.2) is 37.1 Å². The van der Waals surface area contributed by atoms with Gasteiger partial charge in [-0.05, 0) is 25.2 Å². The molecule has 0 aromatic rings. The van der Waals surface area contributed by atoms with E-state index < -0.39 is 0 Å². The fourth-order valence-electron chi connectivity index (χ4n) is 3.26. The minimum absolute atomic E-state index is 0.272. The molecule has 0 N–H and O–H groups in total. The second-order valence-corrected chi connectivity index (χ2v) is 5.35. The van der Waals surface area contributed by atoms with Crippen LogP contribution in [0.15, 0.2) is 0 Å². The van der Waals surface area contributed by atoms with Gasteiger partial charge < -0.3 is 9.64 Å². The summed E-state index contributed by atoms with van der Waals surface area (Å²) in [5, 5.41) is 0. The second-order valence-electron chi connectivity index (χ2n) is 5.35.